The van der Waals surface area contributed by atoms with Crippen LogP contribution in [0.4, 0.5) is 0 Å². The van der Waals surface area contributed by atoms with Crippen molar-refractivity contribution in [2.75, 3.05) is 0 Å². The van der Waals surface area contributed by atoms with Gasteiger partial charge in [0.05, 0.1) is 0 Å². The van der Waals surface area contributed by atoms with E-state index in [4.69, 9.17) is 0 Å². The van der Waals surface area contributed by atoms with Crippen LogP contribution in [0.5, 0.6) is 0 Å². The van der Waals surface area contributed by atoms with E-state index in [0.717, 1.165) is 0 Å². The van der Waals surface area contributed by atoms with Gasteiger partial charge in [-0.25, -0.2) is 0 Å². The summed E-state index contributed by atoms with van der Waals surface area (Å²) in [5.41, 5.74) is 0. The summed E-state index contributed by atoms with van der Waals surface area (Å²) in [6, 6.07) is 9.80. The molecule has 0 bridgehead atoms. The first-order chi connectivity index (χ1) is 8.77. The van der Waals surface area contributed by atoms with Gasteiger partial charge in [0.15, 0.2) is 0 Å². The van der Waals surface area contributed by atoms with E-state index in [2.05, 4.69) is 35.6 Å². The van der Waals surface area contributed by atoms with E-state index in [1.54, 1.807) is 0 Å². The fourth-order valence-corrected chi connectivity index (χ4v) is 5.98. The van der Waals surface area contributed by atoms with Gasteiger partial charge in [-0.3, -0.25) is 9.97 Å². The number of pyridine rings is 2. The first-order valence-electron chi connectivity index (χ1n) is 6.58. The van der Waals surface area contributed by atoms with Gasteiger partial charge in [-0.15, -0.1) is 0 Å². The second kappa shape index (κ2) is 5.91. The minimum atomic E-state index is -1.65. The standard InChI is InChI=1S/C15H20N2Si/c1-3-4-11-18(2,14-7-5-9-16-12-14)15-8-6-10-17-13-15/h5-10,12-13H,3-4,11H2,1-2H3. The normalized spacial score (nSPS) is 11.4. The third kappa shape index (κ3) is 2.67. The van der Waals surface area contributed by atoms with Crippen LogP contribution in [0.2, 0.25) is 12.6 Å². The molecule has 0 aromatic carbocycles. The molecule has 0 radical (unpaired) electrons. The summed E-state index contributed by atoms with van der Waals surface area (Å²) < 4.78 is 0. The van der Waals surface area contributed by atoms with Crippen LogP contribution in [0.15, 0.2) is 49.1 Å². The molecule has 3 heteroatoms. The zero-order valence-corrected chi connectivity index (χ0v) is 12.1. The molecule has 0 atom stereocenters. The largest absolute Gasteiger partial charge is 0.265 e. The number of hydrogen-bond acceptors (Lipinski definition) is 2. The van der Waals surface area contributed by atoms with Crippen LogP contribution in [-0.2, 0) is 0 Å². The van der Waals surface area contributed by atoms with Gasteiger partial charge < -0.3 is 0 Å². The van der Waals surface area contributed by atoms with Gasteiger partial charge >= 0.3 is 0 Å². The van der Waals surface area contributed by atoms with Gasteiger partial charge in [-0.2, -0.15) is 0 Å². The molecule has 0 amide bonds. The number of unbranched alkanes of at least 4 members (excludes halogenated alkanes) is 1. The van der Waals surface area contributed by atoms with Crippen LogP contribution in [0.25, 0.3) is 0 Å². The summed E-state index contributed by atoms with van der Waals surface area (Å²) in [6.45, 7) is 4.68. The summed E-state index contributed by atoms with van der Waals surface area (Å²) in [6.07, 6.45) is 10.3. The van der Waals surface area contributed by atoms with Gasteiger partial charge in [-0.1, -0.05) is 38.4 Å². The van der Waals surface area contributed by atoms with Gasteiger partial charge in [0, 0.05) is 24.8 Å². The van der Waals surface area contributed by atoms with Crippen LogP contribution in [0, 0.1) is 0 Å². The topological polar surface area (TPSA) is 25.8 Å². The third-order valence-electron chi connectivity index (χ3n) is 3.63. The maximum absolute atomic E-state index is 4.30. The fraction of sp³-hybridized carbons (Fsp3) is 0.333. The lowest BCUT2D eigenvalue weighted by Gasteiger charge is -2.27. The number of hydrogen-bond donors (Lipinski definition) is 0. The first kappa shape index (κ1) is 13.0. The SMILES string of the molecule is CCCC[Si](C)(c1cccnc1)c1cccnc1. The molecule has 0 spiro atoms. The van der Waals surface area contributed by atoms with E-state index in [-0.39, 0.29) is 0 Å². The van der Waals surface area contributed by atoms with E-state index < -0.39 is 8.07 Å². The minimum absolute atomic E-state index is 1.24. The highest BCUT2D eigenvalue weighted by atomic mass is 28.3. The molecular weight excluding hydrogens is 236 g/mol. The average Bonchev–Trinajstić information content (AvgIpc) is 2.46. The number of aromatic nitrogens is 2. The molecule has 2 nitrogen and oxygen atoms in total. The van der Waals surface area contributed by atoms with Crippen molar-refractivity contribution in [3.63, 3.8) is 0 Å². The molecule has 0 aliphatic heterocycles. The van der Waals surface area contributed by atoms with Crippen LogP contribution in [0.1, 0.15) is 19.8 Å². The lowest BCUT2D eigenvalue weighted by atomic mass is 10.4. The lowest BCUT2D eigenvalue weighted by Crippen LogP contribution is -2.55. The summed E-state index contributed by atoms with van der Waals surface area (Å²) in [5, 5.41) is 2.82. The van der Waals surface area contributed by atoms with Crippen LogP contribution in [0.3, 0.4) is 0 Å². The average molecular weight is 256 g/mol. The second-order valence-electron chi connectivity index (χ2n) is 4.92. The van der Waals surface area contributed by atoms with Gasteiger partial charge in [0.25, 0.3) is 0 Å². The highest BCUT2D eigenvalue weighted by Gasteiger charge is 2.31. The number of nitrogens with zero attached hydrogens (tertiary/aromatic N) is 2. The van der Waals surface area contributed by atoms with Gasteiger partial charge in [0.2, 0.25) is 0 Å². The molecule has 2 aromatic heterocycles. The molecule has 0 aliphatic carbocycles. The third-order valence-corrected chi connectivity index (χ3v) is 8.12. The van der Waals surface area contributed by atoms with E-state index >= 15 is 0 Å². The maximum atomic E-state index is 4.30. The fourth-order valence-electron chi connectivity index (χ4n) is 2.36. The van der Waals surface area contributed by atoms with Gasteiger partial charge in [-0.05, 0) is 28.6 Å². The highest BCUT2D eigenvalue weighted by molar-refractivity contribution is 7.01. The molecule has 0 aliphatic rings. The summed E-state index contributed by atoms with van der Waals surface area (Å²) in [5.74, 6) is 0. The molecule has 2 rings (SSSR count). The summed E-state index contributed by atoms with van der Waals surface area (Å²) >= 11 is 0. The smallest absolute Gasteiger partial charge is 0.119 e. The van der Waals surface area contributed by atoms with Crippen molar-refractivity contribution in [2.45, 2.75) is 32.4 Å². The Hall–Kier alpha value is -1.48. The highest BCUT2D eigenvalue weighted by Crippen LogP contribution is 2.14. The van der Waals surface area contributed by atoms with E-state index in [1.165, 1.54) is 29.3 Å². The zero-order valence-electron chi connectivity index (χ0n) is 11.1. The van der Waals surface area contributed by atoms with Crippen molar-refractivity contribution in [3.05, 3.63) is 49.1 Å². The Labute approximate surface area is 110 Å². The summed E-state index contributed by atoms with van der Waals surface area (Å²) in [7, 11) is -1.65. The Morgan fingerprint density at radius 3 is 1.94 bits per heavy atom. The monoisotopic (exact) mass is 256 g/mol. The Morgan fingerprint density at radius 2 is 1.56 bits per heavy atom. The minimum Gasteiger partial charge on any atom is -0.265 e. The van der Waals surface area contributed by atoms with Crippen LogP contribution >= 0.6 is 0 Å². The zero-order chi connectivity index (χ0) is 12.8. The van der Waals surface area contributed by atoms with Crippen molar-refractivity contribution in [1.29, 1.82) is 0 Å². The Balaban J connectivity index is 2.41. The Kier molecular flexibility index (Phi) is 4.26. The second-order valence-corrected chi connectivity index (χ2v) is 9.24. The quantitative estimate of drug-likeness (QED) is 0.768. The maximum Gasteiger partial charge on any atom is 0.119 e. The predicted molar refractivity (Wildman–Crippen MR) is 79.1 cm³/mol. The lowest BCUT2D eigenvalue weighted by molar-refractivity contribution is 0.872. The van der Waals surface area contributed by atoms with E-state index in [1.807, 2.05) is 36.9 Å². The van der Waals surface area contributed by atoms with Crippen molar-refractivity contribution in [1.82, 2.24) is 9.97 Å². The van der Waals surface area contributed by atoms with Crippen LogP contribution < -0.4 is 10.4 Å². The molecule has 0 saturated carbocycles. The summed E-state index contributed by atoms with van der Waals surface area (Å²) in [4.78, 5) is 8.60. The predicted octanol–water partition coefficient (Wildman–Crippen LogP) is 2.47. The molecule has 18 heavy (non-hydrogen) atoms. The van der Waals surface area contributed by atoms with E-state index in [0.29, 0.717) is 0 Å². The first-order valence-corrected chi connectivity index (χ1v) is 9.29. The molecule has 0 fully saturated rings. The van der Waals surface area contributed by atoms with E-state index in [9.17, 15) is 0 Å². The molecular formula is C15H20N2Si. The molecule has 0 N–H and O–H groups in total. The molecule has 94 valence electrons. The van der Waals surface area contributed by atoms with Crippen molar-refractivity contribution >= 4 is 18.4 Å². The molecule has 0 unspecified atom stereocenters. The molecule has 0 saturated heterocycles. The van der Waals surface area contributed by atoms with Gasteiger partial charge in [0.1, 0.15) is 8.07 Å². The van der Waals surface area contributed by atoms with Crippen molar-refractivity contribution in [2.24, 2.45) is 0 Å². The molecule has 2 aromatic rings. The van der Waals surface area contributed by atoms with Crippen molar-refractivity contribution < 1.29 is 0 Å². The van der Waals surface area contributed by atoms with Crippen molar-refractivity contribution in [3.8, 4) is 0 Å². The Bertz CT molecular complexity index is 431. The van der Waals surface area contributed by atoms with Crippen LogP contribution in [-0.4, -0.2) is 18.0 Å². The molecule has 2 heterocycles. The Morgan fingerprint density at radius 1 is 1.00 bits per heavy atom. The number of rotatable bonds is 5.